The van der Waals surface area contributed by atoms with Crippen LogP contribution in [0.25, 0.3) is 0 Å². The van der Waals surface area contributed by atoms with Gasteiger partial charge >= 0.3 is 6.03 Å². The first-order chi connectivity index (χ1) is 14.7. The predicted molar refractivity (Wildman–Crippen MR) is 110 cm³/mol. The SMILES string of the molecule is CCCN(CC(=O)NC(=O)NC1CCCCC1C)CC(=O)Nc1ccc(F)c(F)c1F. The number of carbonyl (C=O) groups is 3. The zero-order chi connectivity index (χ0) is 23.0. The molecular formula is C21H29F3N4O3. The van der Waals surface area contributed by atoms with Crippen LogP contribution in [0.1, 0.15) is 46.0 Å². The van der Waals surface area contributed by atoms with Gasteiger partial charge in [0.15, 0.2) is 17.5 Å². The van der Waals surface area contributed by atoms with E-state index in [0.29, 0.717) is 24.9 Å². The molecule has 1 aromatic carbocycles. The number of hydrogen-bond acceptors (Lipinski definition) is 4. The van der Waals surface area contributed by atoms with Crippen molar-refractivity contribution in [3.63, 3.8) is 0 Å². The standard InChI is InChI=1S/C21H29F3N4O3/c1-3-10-28(11-17(29)25-16-9-8-14(22)19(23)20(16)24)12-18(30)27-21(31)26-15-7-5-4-6-13(15)2/h8-9,13,15H,3-7,10-12H2,1-2H3,(H,25,29)(H2,26,27,30,31). The monoisotopic (exact) mass is 442 g/mol. The molecule has 1 aliphatic carbocycles. The van der Waals surface area contributed by atoms with E-state index in [-0.39, 0.29) is 19.1 Å². The van der Waals surface area contributed by atoms with Crippen LogP contribution in [0.15, 0.2) is 12.1 Å². The van der Waals surface area contributed by atoms with Gasteiger partial charge in [0.05, 0.1) is 18.8 Å². The third kappa shape index (κ3) is 7.54. The van der Waals surface area contributed by atoms with Crippen molar-refractivity contribution in [3.8, 4) is 0 Å². The van der Waals surface area contributed by atoms with E-state index in [1.165, 1.54) is 4.90 Å². The van der Waals surface area contributed by atoms with Gasteiger partial charge in [-0.05, 0) is 43.9 Å². The van der Waals surface area contributed by atoms with Crippen molar-refractivity contribution in [2.24, 2.45) is 5.92 Å². The van der Waals surface area contributed by atoms with Gasteiger partial charge < -0.3 is 10.6 Å². The highest BCUT2D eigenvalue weighted by atomic mass is 19.2. The number of nitrogens with one attached hydrogen (secondary N) is 3. The Hall–Kier alpha value is -2.62. The molecule has 4 amide bonds. The Morgan fingerprint density at radius 1 is 1.03 bits per heavy atom. The van der Waals surface area contributed by atoms with E-state index < -0.39 is 41.0 Å². The van der Waals surface area contributed by atoms with E-state index in [1.54, 1.807) is 0 Å². The topological polar surface area (TPSA) is 90.5 Å². The molecule has 0 spiro atoms. The molecule has 3 N–H and O–H groups in total. The van der Waals surface area contributed by atoms with Crippen LogP contribution in [0, 0.1) is 23.4 Å². The molecule has 2 unspecified atom stereocenters. The molecule has 1 fully saturated rings. The highest BCUT2D eigenvalue weighted by molar-refractivity contribution is 5.96. The maximum Gasteiger partial charge on any atom is 0.321 e. The summed E-state index contributed by atoms with van der Waals surface area (Å²) >= 11 is 0. The lowest BCUT2D eigenvalue weighted by atomic mass is 9.86. The van der Waals surface area contributed by atoms with Gasteiger partial charge in [0.25, 0.3) is 0 Å². The van der Waals surface area contributed by atoms with E-state index in [9.17, 15) is 27.6 Å². The van der Waals surface area contributed by atoms with Gasteiger partial charge in [-0.1, -0.05) is 26.7 Å². The second-order valence-corrected chi connectivity index (χ2v) is 7.87. The molecule has 0 aromatic heterocycles. The van der Waals surface area contributed by atoms with E-state index >= 15 is 0 Å². The Labute approximate surface area is 179 Å². The van der Waals surface area contributed by atoms with E-state index in [4.69, 9.17) is 0 Å². The Morgan fingerprint density at radius 2 is 1.71 bits per heavy atom. The number of hydrogen-bond donors (Lipinski definition) is 3. The quantitative estimate of drug-likeness (QED) is 0.540. The second kappa shape index (κ2) is 11.7. The molecule has 2 rings (SSSR count). The van der Waals surface area contributed by atoms with Crippen molar-refractivity contribution in [2.45, 2.75) is 52.0 Å². The van der Waals surface area contributed by atoms with Crippen LogP contribution in [0.4, 0.5) is 23.7 Å². The highest BCUT2D eigenvalue weighted by Crippen LogP contribution is 2.23. The zero-order valence-corrected chi connectivity index (χ0v) is 17.8. The molecule has 0 bridgehead atoms. The Bertz CT molecular complexity index is 806. The number of rotatable bonds is 8. The minimum absolute atomic E-state index is 0.0186. The first-order valence-corrected chi connectivity index (χ1v) is 10.5. The van der Waals surface area contributed by atoms with Crippen LogP contribution >= 0.6 is 0 Å². The van der Waals surface area contributed by atoms with Crippen molar-refractivity contribution in [1.29, 1.82) is 0 Å². The maximum absolute atomic E-state index is 13.7. The van der Waals surface area contributed by atoms with Gasteiger partial charge in [0, 0.05) is 6.04 Å². The Morgan fingerprint density at radius 3 is 2.39 bits per heavy atom. The second-order valence-electron chi connectivity index (χ2n) is 7.87. The molecule has 1 aromatic rings. The van der Waals surface area contributed by atoms with E-state index in [2.05, 4.69) is 22.9 Å². The van der Waals surface area contributed by atoms with Crippen molar-refractivity contribution >= 4 is 23.5 Å². The molecule has 7 nitrogen and oxygen atoms in total. The van der Waals surface area contributed by atoms with Crippen molar-refractivity contribution in [1.82, 2.24) is 15.5 Å². The molecule has 172 valence electrons. The third-order valence-corrected chi connectivity index (χ3v) is 5.26. The van der Waals surface area contributed by atoms with Crippen LogP contribution in [-0.4, -0.2) is 48.4 Å². The Balaban J connectivity index is 1.86. The largest absolute Gasteiger partial charge is 0.335 e. The summed E-state index contributed by atoms with van der Waals surface area (Å²) in [6.45, 7) is 3.75. The lowest BCUT2D eigenvalue weighted by Crippen LogP contribution is -2.50. The van der Waals surface area contributed by atoms with Gasteiger partial charge in [0.2, 0.25) is 11.8 Å². The number of anilines is 1. The fraction of sp³-hybridized carbons (Fsp3) is 0.571. The van der Waals surface area contributed by atoms with E-state index in [0.717, 1.165) is 31.7 Å². The minimum atomic E-state index is -1.68. The first-order valence-electron chi connectivity index (χ1n) is 10.5. The molecular weight excluding hydrogens is 413 g/mol. The summed E-state index contributed by atoms with van der Waals surface area (Å²) in [4.78, 5) is 38.0. The lowest BCUT2D eigenvalue weighted by molar-refractivity contribution is -0.122. The fourth-order valence-electron chi connectivity index (χ4n) is 3.65. The number of carbonyl (C=O) groups excluding carboxylic acids is 3. The van der Waals surface area contributed by atoms with Crippen molar-refractivity contribution in [3.05, 3.63) is 29.6 Å². The molecule has 0 radical (unpaired) electrons. The van der Waals surface area contributed by atoms with Crippen LogP contribution in [0.3, 0.4) is 0 Å². The maximum atomic E-state index is 13.7. The molecule has 0 saturated heterocycles. The number of nitrogens with zero attached hydrogens (tertiary/aromatic N) is 1. The summed E-state index contributed by atoms with van der Waals surface area (Å²) in [7, 11) is 0. The number of urea groups is 1. The van der Waals surface area contributed by atoms with Crippen molar-refractivity contribution < 1.29 is 27.6 Å². The number of imide groups is 1. The van der Waals surface area contributed by atoms with Crippen molar-refractivity contribution in [2.75, 3.05) is 25.0 Å². The van der Waals surface area contributed by atoms with Gasteiger partial charge in [-0.25, -0.2) is 18.0 Å². The van der Waals surface area contributed by atoms with E-state index in [1.807, 2.05) is 6.92 Å². The third-order valence-electron chi connectivity index (χ3n) is 5.26. The first kappa shape index (κ1) is 24.6. The minimum Gasteiger partial charge on any atom is -0.335 e. The van der Waals surface area contributed by atoms with Gasteiger partial charge in [-0.15, -0.1) is 0 Å². The summed E-state index contributed by atoms with van der Waals surface area (Å²) < 4.78 is 40.0. The summed E-state index contributed by atoms with van der Waals surface area (Å²) in [6, 6.07) is 1.06. The smallest absolute Gasteiger partial charge is 0.321 e. The molecule has 2 atom stereocenters. The van der Waals surface area contributed by atoms with Gasteiger partial charge in [-0.3, -0.25) is 19.8 Å². The molecule has 1 saturated carbocycles. The summed E-state index contributed by atoms with van der Waals surface area (Å²) in [5.74, 6) is -5.48. The zero-order valence-electron chi connectivity index (χ0n) is 17.8. The summed E-state index contributed by atoms with van der Waals surface area (Å²) in [5.41, 5.74) is -0.495. The lowest BCUT2D eigenvalue weighted by Gasteiger charge is -2.29. The molecule has 1 aliphatic rings. The number of halogens is 3. The molecule has 31 heavy (non-hydrogen) atoms. The number of benzene rings is 1. The Kier molecular flexibility index (Phi) is 9.29. The average molecular weight is 442 g/mol. The molecule has 0 aliphatic heterocycles. The molecule has 0 heterocycles. The number of amides is 4. The predicted octanol–water partition coefficient (Wildman–Crippen LogP) is 3.16. The fourth-order valence-corrected chi connectivity index (χ4v) is 3.65. The van der Waals surface area contributed by atoms with Gasteiger partial charge in [-0.2, -0.15) is 0 Å². The highest BCUT2D eigenvalue weighted by Gasteiger charge is 2.24. The average Bonchev–Trinajstić information content (AvgIpc) is 2.70. The molecule has 10 heteroatoms. The van der Waals surface area contributed by atoms with Crippen LogP contribution < -0.4 is 16.0 Å². The normalized spacial score (nSPS) is 18.5. The van der Waals surface area contributed by atoms with Crippen LogP contribution in [0.2, 0.25) is 0 Å². The van der Waals surface area contributed by atoms with Crippen LogP contribution in [0.5, 0.6) is 0 Å². The summed E-state index contributed by atoms with van der Waals surface area (Å²) in [6.07, 6.45) is 4.66. The van der Waals surface area contributed by atoms with Gasteiger partial charge in [0.1, 0.15) is 0 Å². The summed E-state index contributed by atoms with van der Waals surface area (Å²) in [5, 5.41) is 7.25. The van der Waals surface area contributed by atoms with Crippen LogP contribution in [-0.2, 0) is 9.59 Å².